The Morgan fingerprint density at radius 1 is 1.38 bits per heavy atom. The number of benzene rings is 1. The van der Waals surface area contributed by atoms with Crippen molar-refractivity contribution >= 4 is 5.91 Å². The van der Waals surface area contributed by atoms with Crippen LogP contribution in [0.25, 0.3) is 0 Å². The number of aromatic nitrogens is 2. The van der Waals surface area contributed by atoms with Gasteiger partial charge in [0, 0.05) is 30.5 Å². The molecular weight excluding hydrogens is 270 g/mol. The van der Waals surface area contributed by atoms with Crippen molar-refractivity contribution < 1.29 is 14.3 Å². The first kappa shape index (κ1) is 13.5. The van der Waals surface area contributed by atoms with Gasteiger partial charge in [-0.05, 0) is 25.1 Å². The van der Waals surface area contributed by atoms with Crippen LogP contribution in [0.2, 0.25) is 0 Å². The smallest absolute Gasteiger partial charge is 0.251 e. The predicted molar refractivity (Wildman–Crippen MR) is 76.6 cm³/mol. The Kier molecular flexibility index (Phi) is 3.77. The summed E-state index contributed by atoms with van der Waals surface area (Å²) in [6.45, 7) is 3.68. The summed E-state index contributed by atoms with van der Waals surface area (Å²) >= 11 is 0. The van der Waals surface area contributed by atoms with Crippen molar-refractivity contribution in [1.82, 2.24) is 14.9 Å². The molecule has 0 spiro atoms. The van der Waals surface area contributed by atoms with E-state index in [0.29, 0.717) is 36.8 Å². The summed E-state index contributed by atoms with van der Waals surface area (Å²) < 4.78 is 12.9. The molecule has 0 fully saturated rings. The second-order valence-corrected chi connectivity index (χ2v) is 4.99. The molecule has 0 unspecified atom stereocenters. The van der Waals surface area contributed by atoms with E-state index in [2.05, 4.69) is 10.3 Å². The summed E-state index contributed by atoms with van der Waals surface area (Å²) in [6, 6.07) is 5.23. The van der Waals surface area contributed by atoms with Gasteiger partial charge in [0.05, 0.1) is 6.33 Å². The molecule has 1 aromatic heterocycles. The lowest BCUT2D eigenvalue weighted by Crippen LogP contribution is -2.35. The second-order valence-electron chi connectivity index (χ2n) is 4.99. The van der Waals surface area contributed by atoms with Gasteiger partial charge in [-0.2, -0.15) is 0 Å². The minimum absolute atomic E-state index is 0.0000919. The third-order valence-electron chi connectivity index (χ3n) is 3.23. The van der Waals surface area contributed by atoms with Crippen LogP contribution >= 0.6 is 0 Å². The number of carbonyl (C=O) groups excluding carboxylic acids is 1. The molecular formula is C15H17N3O3. The van der Waals surface area contributed by atoms with Crippen molar-refractivity contribution in [3.63, 3.8) is 0 Å². The van der Waals surface area contributed by atoms with E-state index in [1.165, 1.54) is 0 Å². The van der Waals surface area contributed by atoms with Gasteiger partial charge in [-0.1, -0.05) is 0 Å². The highest BCUT2D eigenvalue weighted by molar-refractivity contribution is 5.95. The van der Waals surface area contributed by atoms with Crippen LogP contribution < -0.4 is 14.8 Å². The molecule has 0 bridgehead atoms. The number of hydrogen-bond acceptors (Lipinski definition) is 4. The maximum atomic E-state index is 12.2. The molecule has 110 valence electrons. The van der Waals surface area contributed by atoms with E-state index < -0.39 is 0 Å². The van der Waals surface area contributed by atoms with E-state index in [0.717, 1.165) is 0 Å². The number of fused-ring (bicyclic) bond motifs is 1. The lowest BCUT2D eigenvalue weighted by atomic mass is 10.1. The van der Waals surface area contributed by atoms with Crippen molar-refractivity contribution in [2.45, 2.75) is 19.5 Å². The Labute approximate surface area is 122 Å². The summed E-state index contributed by atoms with van der Waals surface area (Å²) in [4.78, 5) is 16.2. The van der Waals surface area contributed by atoms with Gasteiger partial charge in [0.15, 0.2) is 11.5 Å². The lowest BCUT2D eigenvalue weighted by Gasteiger charge is -2.19. The van der Waals surface area contributed by atoms with Gasteiger partial charge >= 0.3 is 0 Å². The normalized spacial score (nSPS) is 14.5. The van der Waals surface area contributed by atoms with Crippen LogP contribution in [0.5, 0.6) is 11.5 Å². The van der Waals surface area contributed by atoms with Gasteiger partial charge in [0.2, 0.25) is 0 Å². The zero-order valence-corrected chi connectivity index (χ0v) is 11.8. The zero-order chi connectivity index (χ0) is 14.7. The van der Waals surface area contributed by atoms with Crippen molar-refractivity contribution in [2.24, 2.45) is 0 Å². The average Bonchev–Trinajstić information content (AvgIpc) is 2.99. The summed E-state index contributed by atoms with van der Waals surface area (Å²) in [5, 5.41) is 2.96. The number of nitrogens with one attached hydrogen (secondary N) is 1. The fourth-order valence-corrected chi connectivity index (χ4v) is 2.25. The Morgan fingerprint density at radius 3 is 2.95 bits per heavy atom. The third kappa shape index (κ3) is 3.16. The maximum Gasteiger partial charge on any atom is 0.251 e. The first-order valence-electron chi connectivity index (χ1n) is 6.88. The van der Waals surface area contributed by atoms with Crippen LogP contribution in [0.1, 0.15) is 17.3 Å². The van der Waals surface area contributed by atoms with Crippen molar-refractivity contribution in [2.75, 3.05) is 13.2 Å². The van der Waals surface area contributed by atoms with Crippen LogP contribution in [0, 0.1) is 0 Å². The number of rotatable bonds is 4. The number of ether oxygens (including phenoxy) is 2. The maximum absolute atomic E-state index is 12.2. The van der Waals surface area contributed by atoms with Gasteiger partial charge in [-0.15, -0.1) is 0 Å². The standard InChI is InChI=1S/C15H17N3O3/c1-11(9-18-5-4-16-10-18)17-15(19)12-2-3-13-14(8-12)21-7-6-20-13/h2-5,8,10-11H,6-7,9H2,1H3,(H,17,19)/t11-/m0/s1. The molecule has 1 N–H and O–H groups in total. The van der Waals surface area contributed by atoms with Crippen LogP contribution in [-0.4, -0.2) is 34.7 Å². The van der Waals surface area contributed by atoms with Crippen molar-refractivity contribution in [1.29, 1.82) is 0 Å². The zero-order valence-electron chi connectivity index (χ0n) is 11.8. The van der Waals surface area contributed by atoms with Crippen LogP contribution in [0.4, 0.5) is 0 Å². The highest BCUT2D eigenvalue weighted by Gasteiger charge is 2.16. The van der Waals surface area contributed by atoms with E-state index in [4.69, 9.17) is 9.47 Å². The average molecular weight is 287 g/mol. The molecule has 2 aromatic rings. The van der Waals surface area contributed by atoms with E-state index in [9.17, 15) is 4.79 Å². The second kappa shape index (κ2) is 5.87. The molecule has 1 aliphatic heterocycles. The van der Waals surface area contributed by atoms with Gasteiger partial charge in [-0.25, -0.2) is 4.98 Å². The fraction of sp³-hybridized carbons (Fsp3) is 0.333. The van der Waals surface area contributed by atoms with Gasteiger partial charge in [0.1, 0.15) is 13.2 Å². The minimum atomic E-state index is -0.125. The van der Waals surface area contributed by atoms with Crippen LogP contribution in [0.15, 0.2) is 36.9 Å². The molecule has 21 heavy (non-hydrogen) atoms. The number of carbonyl (C=O) groups is 1. The molecule has 6 nitrogen and oxygen atoms in total. The molecule has 0 aliphatic carbocycles. The Balaban J connectivity index is 1.64. The van der Waals surface area contributed by atoms with Gasteiger partial charge in [-0.3, -0.25) is 4.79 Å². The summed E-state index contributed by atoms with van der Waals surface area (Å²) in [6.07, 6.45) is 5.31. The summed E-state index contributed by atoms with van der Waals surface area (Å²) in [7, 11) is 0. The topological polar surface area (TPSA) is 65.4 Å². The first-order valence-corrected chi connectivity index (χ1v) is 6.88. The molecule has 6 heteroatoms. The quantitative estimate of drug-likeness (QED) is 0.925. The molecule has 1 amide bonds. The van der Waals surface area contributed by atoms with E-state index in [1.807, 2.05) is 17.7 Å². The fourth-order valence-electron chi connectivity index (χ4n) is 2.25. The molecule has 0 saturated carbocycles. The molecule has 0 saturated heterocycles. The van der Waals surface area contributed by atoms with Crippen molar-refractivity contribution in [3.8, 4) is 11.5 Å². The van der Waals surface area contributed by atoms with Crippen molar-refractivity contribution in [3.05, 3.63) is 42.5 Å². The number of nitrogens with zero attached hydrogens (tertiary/aromatic N) is 2. The summed E-state index contributed by atoms with van der Waals surface area (Å²) in [5.41, 5.74) is 0.566. The highest BCUT2D eigenvalue weighted by atomic mass is 16.6. The number of hydrogen-bond donors (Lipinski definition) is 1. The molecule has 1 aliphatic rings. The third-order valence-corrected chi connectivity index (χ3v) is 3.23. The van der Waals surface area contributed by atoms with E-state index in [1.54, 1.807) is 30.7 Å². The van der Waals surface area contributed by atoms with E-state index >= 15 is 0 Å². The molecule has 0 radical (unpaired) electrons. The van der Waals surface area contributed by atoms with Crippen LogP contribution in [-0.2, 0) is 6.54 Å². The molecule has 2 heterocycles. The summed E-state index contributed by atoms with van der Waals surface area (Å²) in [5.74, 6) is 1.18. The lowest BCUT2D eigenvalue weighted by molar-refractivity contribution is 0.0935. The van der Waals surface area contributed by atoms with Gasteiger partial charge in [0.25, 0.3) is 5.91 Å². The molecule has 3 rings (SSSR count). The van der Waals surface area contributed by atoms with E-state index in [-0.39, 0.29) is 11.9 Å². The highest BCUT2D eigenvalue weighted by Crippen LogP contribution is 2.30. The number of amides is 1. The minimum Gasteiger partial charge on any atom is -0.486 e. The largest absolute Gasteiger partial charge is 0.486 e. The Bertz CT molecular complexity index is 625. The predicted octanol–water partition coefficient (Wildman–Crippen LogP) is 1.47. The monoisotopic (exact) mass is 287 g/mol. The Hall–Kier alpha value is -2.50. The SMILES string of the molecule is C[C@@H](Cn1ccnc1)NC(=O)c1ccc2c(c1)OCCO2. The molecule has 1 aromatic carbocycles. The van der Waals surface area contributed by atoms with Gasteiger partial charge < -0.3 is 19.4 Å². The first-order chi connectivity index (χ1) is 10.2. The molecule has 1 atom stereocenters. The van der Waals surface area contributed by atoms with Crippen LogP contribution in [0.3, 0.4) is 0 Å². The number of imidazole rings is 1. The Morgan fingerprint density at radius 2 is 2.19 bits per heavy atom.